The van der Waals surface area contributed by atoms with E-state index in [-0.39, 0.29) is 5.69 Å². The van der Waals surface area contributed by atoms with Gasteiger partial charge in [0.25, 0.3) is 5.69 Å². The molecule has 0 atom stereocenters. The van der Waals surface area contributed by atoms with E-state index in [1.165, 1.54) is 6.07 Å². The topological polar surface area (TPSA) is 121 Å². The molecule has 24 heavy (non-hydrogen) atoms. The summed E-state index contributed by atoms with van der Waals surface area (Å²) in [7, 11) is 0. The van der Waals surface area contributed by atoms with Gasteiger partial charge < -0.3 is 17.2 Å². The van der Waals surface area contributed by atoms with E-state index in [0.29, 0.717) is 11.1 Å². The zero-order valence-corrected chi connectivity index (χ0v) is 13.8. The lowest BCUT2D eigenvalue weighted by atomic mass is 10.1. The van der Waals surface area contributed by atoms with Gasteiger partial charge in [-0.25, -0.2) is 0 Å². The number of hydrogen-bond donors (Lipinski definition) is 3. The molecule has 6 N–H and O–H groups in total. The van der Waals surface area contributed by atoms with E-state index in [0.717, 1.165) is 16.8 Å². The highest BCUT2D eigenvalue weighted by Crippen LogP contribution is 2.29. The largest absolute Gasteiger partial charge is 0.399 e. The van der Waals surface area contributed by atoms with Crippen molar-refractivity contribution in [2.75, 3.05) is 17.2 Å². The third kappa shape index (κ3) is 4.88. The Bertz CT molecular complexity index is 781. The molecule has 0 radical (unpaired) electrons. The van der Waals surface area contributed by atoms with E-state index in [2.05, 4.69) is 0 Å². The first-order valence-electron chi connectivity index (χ1n) is 7.51. The fourth-order valence-electron chi connectivity index (χ4n) is 1.96. The van der Waals surface area contributed by atoms with Gasteiger partial charge in [0.15, 0.2) is 0 Å². The highest BCUT2D eigenvalue weighted by Gasteiger charge is 2.11. The molecule has 6 heteroatoms. The van der Waals surface area contributed by atoms with E-state index in [1.54, 1.807) is 48.5 Å². The molecule has 0 saturated carbocycles. The summed E-state index contributed by atoms with van der Waals surface area (Å²) in [4.78, 5) is 10.3. The maximum absolute atomic E-state index is 10.7. The van der Waals surface area contributed by atoms with E-state index in [1.807, 2.05) is 19.9 Å². The standard InChI is InChI=1S/C10H8N2O2.C6H8N2.C2H6/c11-9-5-6-10(12(13)14)8-4-2-1-3-7(8)9;7-5-1-2-6(8)4-3-5;1-2/h1-6H,11H2;1-4H,7-8H2;1-2H3. The van der Waals surface area contributed by atoms with Gasteiger partial charge in [0, 0.05) is 28.5 Å². The lowest BCUT2D eigenvalue weighted by Crippen LogP contribution is -1.92. The average Bonchev–Trinajstić information content (AvgIpc) is 2.60. The number of nitrogens with two attached hydrogens (primary N) is 3. The Morgan fingerprint density at radius 1 is 0.750 bits per heavy atom. The van der Waals surface area contributed by atoms with Crippen molar-refractivity contribution in [2.24, 2.45) is 0 Å². The minimum Gasteiger partial charge on any atom is -0.399 e. The SMILES string of the molecule is CC.Nc1ccc(N)cc1.Nc1ccc([N+](=O)[O-])c2ccccc12. The maximum atomic E-state index is 10.7. The van der Waals surface area contributed by atoms with Crippen molar-refractivity contribution >= 4 is 33.5 Å². The van der Waals surface area contributed by atoms with Crippen LogP contribution in [0.2, 0.25) is 0 Å². The van der Waals surface area contributed by atoms with Crippen molar-refractivity contribution < 1.29 is 4.92 Å². The molecule has 0 aliphatic heterocycles. The van der Waals surface area contributed by atoms with Gasteiger partial charge in [-0.05, 0) is 36.4 Å². The van der Waals surface area contributed by atoms with Crippen LogP contribution in [0.1, 0.15) is 13.8 Å². The minimum absolute atomic E-state index is 0.0924. The molecule has 3 rings (SSSR count). The summed E-state index contributed by atoms with van der Waals surface area (Å²) >= 11 is 0. The summed E-state index contributed by atoms with van der Waals surface area (Å²) in [6, 6.07) is 17.1. The number of fused-ring (bicyclic) bond motifs is 1. The second-order valence-corrected chi connectivity index (χ2v) is 4.64. The third-order valence-corrected chi connectivity index (χ3v) is 3.07. The first-order valence-corrected chi connectivity index (χ1v) is 7.51. The van der Waals surface area contributed by atoms with Crippen molar-refractivity contribution in [1.29, 1.82) is 0 Å². The molecule has 0 amide bonds. The van der Waals surface area contributed by atoms with Gasteiger partial charge in [-0.3, -0.25) is 10.1 Å². The second kappa shape index (κ2) is 8.99. The zero-order chi connectivity index (χ0) is 18.1. The number of non-ortho nitro benzene ring substituents is 1. The number of nitro benzene ring substituents is 1. The number of nitrogen functional groups attached to an aromatic ring is 3. The van der Waals surface area contributed by atoms with Gasteiger partial charge in [-0.1, -0.05) is 32.0 Å². The number of nitrogens with zero attached hydrogens (tertiary/aromatic N) is 1. The Morgan fingerprint density at radius 3 is 1.67 bits per heavy atom. The van der Waals surface area contributed by atoms with Gasteiger partial charge in [0.2, 0.25) is 0 Å². The Kier molecular flexibility index (Phi) is 7.03. The van der Waals surface area contributed by atoms with Crippen LogP contribution in [0.4, 0.5) is 22.7 Å². The van der Waals surface area contributed by atoms with Crippen LogP contribution in [0.5, 0.6) is 0 Å². The van der Waals surface area contributed by atoms with E-state index in [9.17, 15) is 10.1 Å². The molecule has 0 unspecified atom stereocenters. The minimum atomic E-state index is -0.401. The van der Waals surface area contributed by atoms with Gasteiger partial charge in [-0.2, -0.15) is 0 Å². The molecule has 0 fully saturated rings. The number of hydrogen-bond acceptors (Lipinski definition) is 5. The van der Waals surface area contributed by atoms with Crippen LogP contribution < -0.4 is 17.2 Å². The van der Waals surface area contributed by atoms with Crippen LogP contribution in [0, 0.1) is 10.1 Å². The molecule has 126 valence electrons. The maximum Gasteiger partial charge on any atom is 0.277 e. The second-order valence-electron chi connectivity index (χ2n) is 4.64. The van der Waals surface area contributed by atoms with Crippen LogP contribution in [0.15, 0.2) is 60.7 Å². The highest BCUT2D eigenvalue weighted by molar-refractivity contribution is 5.98. The zero-order valence-electron chi connectivity index (χ0n) is 13.8. The van der Waals surface area contributed by atoms with Crippen molar-refractivity contribution in [3.05, 3.63) is 70.8 Å². The lowest BCUT2D eigenvalue weighted by molar-refractivity contribution is -0.383. The van der Waals surface area contributed by atoms with E-state index in [4.69, 9.17) is 17.2 Å². The van der Waals surface area contributed by atoms with Crippen LogP contribution >= 0.6 is 0 Å². The molecular formula is C18H22N4O2. The normalized spacial score (nSPS) is 9.25. The van der Waals surface area contributed by atoms with E-state index < -0.39 is 4.92 Å². The Hall–Kier alpha value is -3.28. The van der Waals surface area contributed by atoms with Gasteiger partial charge >= 0.3 is 0 Å². The Labute approximate surface area is 141 Å². The fourth-order valence-corrected chi connectivity index (χ4v) is 1.96. The van der Waals surface area contributed by atoms with E-state index >= 15 is 0 Å². The quantitative estimate of drug-likeness (QED) is 0.351. The summed E-state index contributed by atoms with van der Waals surface area (Å²) < 4.78 is 0. The van der Waals surface area contributed by atoms with Gasteiger partial charge in [0.1, 0.15) is 0 Å². The average molecular weight is 326 g/mol. The molecule has 0 aliphatic rings. The summed E-state index contributed by atoms with van der Waals surface area (Å²) in [5, 5.41) is 12.0. The molecule has 3 aromatic carbocycles. The predicted molar refractivity (Wildman–Crippen MR) is 102 cm³/mol. The summed E-state index contributed by atoms with van der Waals surface area (Å²) in [6.45, 7) is 4.00. The van der Waals surface area contributed by atoms with Gasteiger partial charge in [-0.15, -0.1) is 0 Å². The lowest BCUT2D eigenvalue weighted by Gasteiger charge is -2.01. The van der Waals surface area contributed by atoms with Crippen LogP contribution in [-0.2, 0) is 0 Å². The van der Waals surface area contributed by atoms with Crippen molar-refractivity contribution in [3.8, 4) is 0 Å². The highest BCUT2D eigenvalue weighted by atomic mass is 16.6. The summed E-state index contributed by atoms with van der Waals surface area (Å²) in [5.41, 5.74) is 18.6. The van der Waals surface area contributed by atoms with Crippen LogP contribution in [-0.4, -0.2) is 4.92 Å². The molecule has 0 saturated heterocycles. The summed E-state index contributed by atoms with van der Waals surface area (Å²) in [5.74, 6) is 0. The van der Waals surface area contributed by atoms with Crippen LogP contribution in [0.25, 0.3) is 10.8 Å². The molecule has 0 aliphatic carbocycles. The molecule has 0 heterocycles. The smallest absolute Gasteiger partial charge is 0.277 e. The Morgan fingerprint density at radius 2 is 1.21 bits per heavy atom. The predicted octanol–water partition coefficient (Wildman–Crippen LogP) is 4.21. The number of benzene rings is 3. The number of anilines is 3. The van der Waals surface area contributed by atoms with Crippen molar-refractivity contribution in [1.82, 2.24) is 0 Å². The van der Waals surface area contributed by atoms with Crippen molar-refractivity contribution in [2.45, 2.75) is 13.8 Å². The fraction of sp³-hybridized carbons (Fsp3) is 0.111. The Balaban J connectivity index is 0.000000245. The molecular weight excluding hydrogens is 304 g/mol. The molecule has 0 spiro atoms. The van der Waals surface area contributed by atoms with Crippen LogP contribution in [0.3, 0.4) is 0 Å². The first kappa shape index (κ1) is 18.8. The monoisotopic (exact) mass is 326 g/mol. The first-order chi connectivity index (χ1) is 11.5. The number of nitro groups is 1. The van der Waals surface area contributed by atoms with Gasteiger partial charge in [0.05, 0.1) is 10.3 Å². The summed E-state index contributed by atoms with van der Waals surface area (Å²) in [6.07, 6.45) is 0. The third-order valence-electron chi connectivity index (χ3n) is 3.07. The molecule has 0 bridgehead atoms. The molecule has 6 nitrogen and oxygen atoms in total. The molecule has 3 aromatic rings. The van der Waals surface area contributed by atoms with Crippen molar-refractivity contribution in [3.63, 3.8) is 0 Å². The molecule has 0 aromatic heterocycles. The number of rotatable bonds is 1.